The van der Waals surface area contributed by atoms with Crippen molar-refractivity contribution < 1.29 is 22.3 Å². The van der Waals surface area contributed by atoms with Gasteiger partial charge in [-0.3, -0.25) is 9.69 Å². The Kier molecular flexibility index (Phi) is 6.24. The number of hydrogen-bond donors (Lipinski definition) is 0. The van der Waals surface area contributed by atoms with Gasteiger partial charge in [-0.05, 0) is 42.8 Å². The zero-order valence-electron chi connectivity index (χ0n) is 16.8. The van der Waals surface area contributed by atoms with E-state index < -0.39 is 9.84 Å². The van der Waals surface area contributed by atoms with Crippen molar-refractivity contribution in [3.8, 4) is 5.75 Å². The Morgan fingerprint density at radius 3 is 2.41 bits per heavy atom. The van der Waals surface area contributed by atoms with E-state index in [2.05, 4.69) is 4.90 Å². The van der Waals surface area contributed by atoms with Crippen molar-refractivity contribution >= 4 is 15.7 Å². The molecule has 0 N–H and O–H groups in total. The molecule has 3 rings (SSSR count). The van der Waals surface area contributed by atoms with Crippen LogP contribution in [-0.4, -0.2) is 63.7 Å². The predicted octanol–water partition coefficient (Wildman–Crippen LogP) is 2.50. The lowest BCUT2D eigenvalue weighted by atomic mass is 10.1. The summed E-state index contributed by atoms with van der Waals surface area (Å²) in [5, 5.41) is 0. The Bertz CT molecular complexity index is 1020. The van der Waals surface area contributed by atoms with Crippen molar-refractivity contribution in [3.63, 3.8) is 0 Å². The molecule has 29 heavy (non-hydrogen) atoms. The number of halogens is 1. The number of sulfone groups is 1. The first kappa shape index (κ1) is 21.3. The number of rotatable bonds is 5. The van der Waals surface area contributed by atoms with E-state index in [0.29, 0.717) is 44.0 Å². The summed E-state index contributed by atoms with van der Waals surface area (Å²) in [6.45, 7) is 4.63. The first-order valence-electron chi connectivity index (χ1n) is 9.34. The summed E-state index contributed by atoms with van der Waals surface area (Å²) in [6.07, 6.45) is 1.13. The highest BCUT2D eigenvalue weighted by molar-refractivity contribution is 7.90. The lowest BCUT2D eigenvalue weighted by Crippen LogP contribution is -2.48. The first-order chi connectivity index (χ1) is 13.7. The summed E-state index contributed by atoms with van der Waals surface area (Å²) in [5.41, 5.74) is 1.92. The van der Waals surface area contributed by atoms with Crippen LogP contribution in [0.25, 0.3) is 0 Å². The molecule has 1 saturated heterocycles. The fraction of sp³-hybridized carbons (Fsp3) is 0.381. The third-order valence-electron chi connectivity index (χ3n) is 5.16. The van der Waals surface area contributed by atoms with Crippen LogP contribution in [0.2, 0.25) is 0 Å². The van der Waals surface area contributed by atoms with Crippen LogP contribution in [0.5, 0.6) is 5.75 Å². The Balaban J connectivity index is 1.68. The van der Waals surface area contributed by atoms with Gasteiger partial charge in [-0.2, -0.15) is 0 Å². The van der Waals surface area contributed by atoms with Gasteiger partial charge in [0.15, 0.2) is 9.84 Å². The van der Waals surface area contributed by atoms with Crippen molar-refractivity contribution in [2.24, 2.45) is 0 Å². The molecule has 6 nitrogen and oxygen atoms in total. The maximum atomic E-state index is 13.6. The molecule has 8 heteroatoms. The zero-order chi connectivity index (χ0) is 21.2. The predicted molar refractivity (Wildman–Crippen MR) is 108 cm³/mol. The molecule has 0 atom stereocenters. The van der Waals surface area contributed by atoms with E-state index in [1.54, 1.807) is 31.1 Å². The van der Waals surface area contributed by atoms with Crippen LogP contribution in [0.1, 0.15) is 21.5 Å². The molecule has 1 fully saturated rings. The van der Waals surface area contributed by atoms with Crippen LogP contribution in [0.3, 0.4) is 0 Å². The summed E-state index contributed by atoms with van der Waals surface area (Å²) in [5.74, 6) is 0.157. The highest BCUT2D eigenvalue weighted by atomic mass is 32.2. The van der Waals surface area contributed by atoms with Crippen LogP contribution in [0.4, 0.5) is 4.39 Å². The highest BCUT2D eigenvalue weighted by Gasteiger charge is 2.25. The maximum absolute atomic E-state index is 13.6. The summed E-state index contributed by atoms with van der Waals surface area (Å²) in [7, 11) is -1.83. The fourth-order valence-corrected chi connectivity index (χ4v) is 4.10. The number of piperazine rings is 1. The van der Waals surface area contributed by atoms with Crippen LogP contribution < -0.4 is 4.74 Å². The van der Waals surface area contributed by atoms with Gasteiger partial charge in [0.1, 0.15) is 11.6 Å². The second kappa shape index (κ2) is 8.51. The largest absolute Gasteiger partial charge is 0.496 e. The minimum atomic E-state index is -3.38. The second-order valence-corrected chi connectivity index (χ2v) is 9.29. The van der Waals surface area contributed by atoms with Gasteiger partial charge in [0.05, 0.1) is 12.0 Å². The maximum Gasteiger partial charge on any atom is 0.254 e. The van der Waals surface area contributed by atoms with Gasteiger partial charge in [0.25, 0.3) is 5.91 Å². The van der Waals surface area contributed by atoms with Gasteiger partial charge >= 0.3 is 0 Å². The van der Waals surface area contributed by atoms with Crippen molar-refractivity contribution in [2.45, 2.75) is 18.4 Å². The van der Waals surface area contributed by atoms with E-state index in [9.17, 15) is 17.6 Å². The van der Waals surface area contributed by atoms with E-state index in [1.807, 2.05) is 0 Å². The Labute approximate surface area is 170 Å². The monoisotopic (exact) mass is 420 g/mol. The first-order valence-corrected chi connectivity index (χ1v) is 11.2. The van der Waals surface area contributed by atoms with Crippen molar-refractivity contribution in [3.05, 3.63) is 58.9 Å². The van der Waals surface area contributed by atoms with Crippen molar-refractivity contribution in [1.29, 1.82) is 0 Å². The molecule has 0 aliphatic carbocycles. The Morgan fingerprint density at radius 1 is 1.10 bits per heavy atom. The number of hydrogen-bond acceptors (Lipinski definition) is 5. The Hall–Kier alpha value is -2.45. The van der Waals surface area contributed by atoms with E-state index in [-0.39, 0.29) is 16.6 Å². The topological polar surface area (TPSA) is 66.9 Å². The molecule has 0 aromatic heterocycles. The van der Waals surface area contributed by atoms with E-state index in [4.69, 9.17) is 4.74 Å². The van der Waals surface area contributed by atoms with Crippen molar-refractivity contribution in [1.82, 2.24) is 9.80 Å². The second-order valence-electron chi connectivity index (χ2n) is 7.27. The smallest absolute Gasteiger partial charge is 0.254 e. The standard InChI is InChI=1S/C21H25FN2O4S/c1-15-4-6-18(29(3,26)27)13-19(15)21(25)24-10-8-23(9-11-24)14-16-12-17(22)5-7-20(16)28-2/h4-7,12-13H,8-11,14H2,1-3H3. The average Bonchev–Trinajstić information content (AvgIpc) is 2.68. The lowest BCUT2D eigenvalue weighted by Gasteiger charge is -2.35. The quantitative estimate of drug-likeness (QED) is 0.744. The van der Waals surface area contributed by atoms with Gasteiger partial charge in [-0.15, -0.1) is 0 Å². The number of benzene rings is 2. The molecular formula is C21H25FN2O4S. The number of ether oxygens (including phenoxy) is 1. The third kappa shape index (κ3) is 4.94. The van der Waals surface area contributed by atoms with Crippen LogP contribution in [0.15, 0.2) is 41.3 Å². The molecule has 0 bridgehead atoms. The van der Waals surface area contributed by atoms with E-state index in [0.717, 1.165) is 17.4 Å². The summed E-state index contributed by atoms with van der Waals surface area (Å²) < 4.78 is 42.5. The molecule has 1 aliphatic heterocycles. The molecule has 1 heterocycles. The minimum absolute atomic E-state index is 0.142. The van der Waals surface area contributed by atoms with E-state index >= 15 is 0 Å². The molecule has 0 saturated carbocycles. The molecule has 156 valence electrons. The summed E-state index contributed by atoms with van der Waals surface area (Å²) >= 11 is 0. The van der Waals surface area contributed by atoms with Gasteiger partial charge in [-0.25, -0.2) is 12.8 Å². The normalized spacial score (nSPS) is 15.4. The number of carbonyl (C=O) groups excluding carboxylic acids is 1. The lowest BCUT2D eigenvalue weighted by molar-refractivity contribution is 0.0626. The molecule has 0 radical (unpaired) electrons. The van der Waals surface area contributed by atoms with Gasteiger partial charge in [-0.1, -0.05) is 6.07 Å². The fourth-order valence-electron chi connectivity index (χ4n) is 3.45. The SMILES string of the molecule is COc1ccc(F)cc1CN1CCN(C(=O)c2cc(S(C)(=O)=O)ccc2C)CC1. The molecule has 0 unspecified atom stereocenters. The van der Waals surface area contributed by atoms with Crippen LogP contribution in [0, 0.1) is 12.7 Å². The minimum Gasteiger partial charge on any atom is -0.496 e. The van der Waals surface area contributed by atoms with E-state index in [1.165, 1.54) is 24.3 Å². The summed E-state index contributed by atoms with van der Waals surface area (Å²) in [6, 6.07) is 9.09. The van der Waals surface area contributed by atoms with Crippen molar-refractivity contribution in [2.75, 3.05) is 39.5 Å². The van der Waals surface area contributed by atoms with Gasteiger partial charge < -0.3 is 9.64 Å². The number of aryl methyl sites for hydroxylation is 1. The van der Waals surface area contributed by atoms with Gasteiger partial charge in [0.2, 0.25) is 0 Å². The van der Waals surface area contributed by atoms with Crippen LogP contribution >= 0.6 is 0 Å². The third-order valence-corrected chi connectivity index (χ3v) is 6.27. The van der Waals surface area contributed by atoms with Crippen LogP contribution in [-0.2, 0) is 16.4 Å². The molecule has 0 spiro atoms. The average molecular weight is 421 g/mol. The number of amides is 1. The Morgan fingerprint density at radius 2 is 1.79 bits per heavy atom. The number of nitrogens with zero attached hydrogens (tertiary/aromatic N) is 2. The molecule has 2 aromatic rings. The molecule has 1 aliphatic rings. The number of methoxy groups -OCH3 is 1. The summed E-state index contributed by atoms with van der Waals surface area (Å²) in [4.78, 5) is 17.0. The molecular weight excluding hydrogens is 395 g/mol. The number of carbonyl (C=O) groups is 1. The molecule has 2 aromatic carbocycles. The molecule has 1 amide bonds. The zero-order valence-corrected chi connectivity index (χ0v) is 17.6. The van der Waals surface area contributed by atoms with Gasteiger partial charge in [0, 0.05) is 50.1 Å². The highest BCUT2D eigenvalue weighted by Crippen LogP contribution is 2.23.